The average Bonchev–Trinajstić information content (AvgIpc) is 2.97. The first-order chi connectivity index (χ1) is 10.5. The maximum Gasteiger partial charge on any atom is 0.232 e. The summed E-state index contributed by atoms with van der Waals surface area (Å²) in [4.78, 5) is 8.97. The first-order valence-corrected chi connectivity index (χ1v) is 7.32. The van der Waals surface area contributed by atoms with E-state index in [4.69, 9.17) is 4.52 Å². The van der Waals surface area contributed by atoms with Gasteiger partial charge >= 0.3 is 0 Å². The van der Waals surface area contributed by atoms with Crippen molar-refractivity contribution < 1.29 is 4.52 Å². The lowest BCUT2D eigenvalue weighted by Crippen LogP contribution is -2.11. The molecule has 112 valence electrons. The minimum Gasteiger partial charge on any atom is -0.338 e. The standard InChI is InChI=1S/C18H19N3O/c1-12-15(16-20-17(22-21-16)18(2,3)4)14(10-11-19-12)13-8-6-5-7-9-13/h5-11H,1-4H3. The second-order valence-corrected chi connectivity index (χ2v) is 6.36. The molecule has 3 aromatic rings. The number of nitrogens with zero attached hydrogens (tertiary/aromatic N) is 3. The predicted molar refractivity (Wildman–Crippen MR) is 86.4 cm³/mol. The quantitative estimate of drug-likeness (QED) is 0.702. The second kappa shape index (κ2) is 5.37. The fraction of sp³-hybridized carbons (Fsp3) is 0.278. The highest BCUT2D eigenvalue weighted by Crippen LogP contribution is 2.33. The van der Waals surface area contributed by atoms with Crippen LogP contribution in [0.3, 0.4) is 0 Å². The Morgan fingerprint density at radius 2 is 1.73 bits per heavy atom. The van der Waals surface area contributed by atoms with Crippen molar-refractivity contribution in [3.05, 3.63) is 54.2 Å². The van der Waals surface area contributed by atoms with E-state index in [-0.39, 0.29) is 5.41 Å². The Morgan fingerprint density at radius 1 is 1.00 bits per heavy atom. The molecular weight excluding hydrogens is 274 g/mol. The van der Waals surface area contributed by atoms with Crippen LogP contribution in [0.15, 0.2) is 47.1 Å². The molecule has 2 heterocycles. The molecule has 0 saturated heterocycles. The maximum absolute atomic E-state index is 5.44. The van der Waals surface area contributed by atoms with E-state index in [1.165, 1.54) is 0 Å². The first-order valence-electron chi connectivity index (χ1n) is 7.32. The minimum absolute atomic E-state index is 0.172. The Morgan fingerprint density at radius 3 is 2.36 bits per heavy atom. The highest BCUT2D eigenvalue weighted by molar-refractivity contribution is 5.81. The lowest BCUT2D eigenvalue weighted by atomic mass is 9.96. The maximum atomic E-state index is 5.44. The molecule has 0 aliphatic heterocycles. The molecule has 0 bridgehead atoms. The van der Waals surface area contributed by atoms with Crippen molar-refractivity contribution in [2.45, 2.75) is 33.1 Å². The molecular formula is C18H19N3O. The van der Waals surface area contributed by atoms with Gasteiger partial charge in [-0.05, 0) is 24.1 Å². The molecule has 0 radical (unpaired) electrons. The Labute approximate surface area is 130 Å². The molecule has 0 aliphatic carbocycles. The van der Waals surface area contributed by atoms with E-state index in [1.807, 2.05) is 37.4 Å². The van der Waals surface area contributed by atoms with Gasteiger partial charge in [-0.25, -0.2) is 0 Å². The summed E-state index contributed by atoms with van der Waals surface area (Å²) in [7, 11) is 0. The number of rotatable bonds is 2. The van der Waals surface area contributed by atoms with Gasteiger partial charge in [0.05, 0.1) is 5.56 Å². The summed E-state index contributed by atoms with van der Waals surface area (Å²) in [6, 6.07) is 12.2. The zero-order chi connectivity index (χ0) is 15.7. The zero-order valence-electron chi connectivity index (χ0n) is 13.3. The lowest BCUT2D eigenvalue weighted by molar-refractivity contribution is 0.321. The fourth-order valence-corrected chi connectivity index (χ4v) is 2.34. The summed E-state index contributed by atoms with van der Waals surface area (Å²) >= 11 is 0. The molecule has 0 amide bonds. The van der Waals surface area contributed by atoms with Gasteiger partial charge in [0, 0.05) is 17.3 Å². The third-order valence-electron chi connectivity index (χ3n) is 3.52. The Bertz CT molecular complexity index is 786. The van der Waals surface area contributed by atoms with Gasteiger partial charge in [0.15, 0.2) is 0 Å². The van der Waals surface area contributed by atoms with E-state index < -0.39 is 0 Å². The summed E-state index contributed by atoms with van der Waals surface area (Å²) in [5, 5.41) is 4.17. The zero-order valence-corrected chi connectivity index (χ0v) is 13.3. The van der Waals surface area contributed by atoms with E-state index in [0.717, 1.165) is 22.4 Å². The van der Waals surface area contributed by atoms with Crippen LogP contribution in [0.5, 0.6) is 0 Å². The van der Waals surface area contributed by atoms with E-state index in [2.05, 4.69) is 48.0 Å². The number of aryl methyl sites for hydroxylation is 1. The van der Waals surface area contributed by atoms with Crippen molar-refractivity contribution >= 4 is 0 Å². The summed E-state index contributed by atoms with van der Waals surface area (Å²) in [5.41, 5.74) is 3.82. The van der Waals surface area contributed by atoms with E-state index in [1.54, 1.807) is 0 Å². The Kier molecular flexibility index (Phi) is 3.53. The molecule has 0 fully saturated rings. The van der Waals surface area contributed by atoms with Crippen molar-refractivity contribution in [2.24, 2.45) is 0 Å². The van der Waals surface area contributed by atoms with Gasteiger partial charge in [-0.1, -0.05) is 56.3 Å². The van der Waals surface area contributed by atoms with Gasteiger partial charge in [-0.15, -0.1) is 0 Å². The highest BCUT2D eigenvalue weighted by Gasteiger charge is 2.24. The minimum atomic E-state index is -0.172. The van der Waals surface area contributed by atoms with Gasteiger partial charge in [-0.2, -0.15) is 4.98 Å². The summed E-state index contributed by atoms with van der Waals surface area (Å²) in [6.45, 7) is 8.13. The van der Waals surface area contributed by atoms with Crippen LogP contribution in [0.25, 0.3) is 22.5 Å². The van der Waals surface area contributed by atoms with E-state index in [0.29, 0.717) is 11.7 Å². The number of benzene rings is 1. The van der Waals surface area contributed by atoms with Crippen LogP contribution in [-0.2, 0) is 5.41 Å². The molecule has 0 aliphatic rings. The van der Waals surface area contributed by atoms with Gasteiger partial charge in [-0.3, -0.25) is 4.98 Å². The third-order valence-corrected chi connectivity index (χ3v) is 3.52. The van der Waals surface area contributed by atoms with Crippen molar-refractivity contribution in [2.75, 3.05) is 0 Å². The van der Waals surface area contributed by atoms with Gasteiger partial charge in [0.1, 0.15) is 0 Å². The summed E-state index contributed by atoms with van der Waals surface area (Å²) < 4.78 is 5.44. The molecule has 4 heteroatoms. The third kappa shape index (κ3) is 2.64. The Hall–Kier alpha value is -2.49. The second-order valence-electron chi connectivity index (χ2n) is 6.36. The molecule has 0 saturated carbocycles. The Balaban J connectivity index is 2.17. The monoisotopic (exact) mass is 293 g/mol. The topological polar surface area (TPSA) is 51.8 Å². The van der Waals surface area contributed by atoms with Crippen LogP contribution in [0.2, 0.25) is 0 Å². The largest absolute Gasteiger partial charge is 0.338 e. The molecule has 0 N–H and O–H groups in total. The lowest BCUT2D eigenvalue weighted by Gasteiger charge is -2.11. The SMILES string of the molecule is Cc1nccc(-c2ccccc2)c1-c1noc(C(C)(C)C)n1. The van der Waals surface area contributed by atoms with Crippen LogP contribution in [0, 0.1) is 6.92 Å². The van der Waals surface area contributed by atoms with Crippen molar-refractivity contribution in [3.8, 4) is 22.5 Å². The van der Waals surface area contributed by atoms with Crippen LogP contribution < -0.4 is 0 Å². The summed E-state index contributed by atoms with van der Waals surface area (Å²) in [6.07, 6.45) is 1.81. The van der Waals surface area contributed by atoms with Gasteiger partial charge in [0.25, 0.3) is 0 Å². The molecule has 3 rings (SSSR count). The van der Waals surface area contributed by atoms with Crippen LogP contribution in [-0.4, -0.2) is 15.1 Å². The molecule has 0 spiro atoms. The number of pyridine rings is 1. The van der Waals surface area contributed by atoms with Crippen LogP contribution in [0.1, 0.15) is 32.4 Å². The molecule has 2 aromatic heterocycles. The number of hydrogen-bond acceptors (Lipinski definition) is 4. The molecule has 1 aromatic carbocycles. The van der Waals surface area contributed by atoms with Crippen LogP contribution >= 0.6 is 0 Å². The molecule has 0 atom stereocenters. The predicted octanol–water partition coefficient (Wildman–Crippen LogP) is 4.40. The normalized spacial score (nSPS) is 11.6. The van der Waals surface area contributed by atoms with E-state index >= 15 is 0 Å². The highest BCUT2D eigenvalue weighted by atomic mass is 16.5. The first kappa shape index (κ1) is 14.4. The van der Waals surface area contributed by atoms with Gasteiger partial charge in [0.2, 0.25) is 11.7 Å². The smallest absolute Gasteiger partial charge is 0.232 e. The van der Waals surface area contributed by atoms with Gasteiger partial charge < -0.3 is 4.52 Å². The molecule has 0 unspecified atom stereocenters. The number of aromatic nitrogens is 3. The average molecular weight is 293 g/mol. The van der Waals surface area contributed by atoms with E-state index in [9.17, 15) is 0 Å². The van der Waals surface area contributed by atoms with Crippen LogP contribution in [0.4, 0.5) is 0 Å². The summed E-state index contributed by atoms with van der Waals surface area (Å²) in [5.74, 6) is 1.22. The molecule has 22 heavy (non-hydrogen) atoms. The fourth-order valence-electron chi connectivity index (χ4n) is 2.34. The van der Waals surface area contributed by atoms with Crippen molar-refractivity contribution in [1.29, 1.82) is 0 Å². The van der Waals surface area contributed by atoms with Crippen molar-refractivity contribution in [1.82, 2.24) is 15.1 Å². The van der Waals surface area contributed by atoms with Crippen molar-refractivity contribution in [3.63, 3.8) is 0 Å². The molecule has 4 nitrogen and oxygen atoms in total. The number of hydrogen-bond donors (Lipinski definition) is 0.